The van der Waals surface area contributed by atoms with Gasteiger partial charge in [0.15, 0.2) is 0 Å². The lowest BCUT2D eigenvalue weighted by molar-refractivity contribution is -0.143. The van der Waals surface area contributed by atoms with E-state index in [0.717, 1.165) is 0 Å². The Morgan fingerprint density at radius 1 is 1.03 bits per heavy atom. The number of methoxy groups -OCH3 is 1. The number of hydrogen-bond donors (Lipinski definition) is 3. The second-order valence-electron chi connectivity index (χ2n) is 7.33. The van der Waals surface area contributed by atoms with Gasteiger partial charge < -0.3 is 24.5 Å². The van der Waals surface area contributed by atoms with Crippen molar-refractivity contribution in [1.29, 1.82) is 0 Å². The van der Waals surface area contributed by atoms with Crippen molar-refractivity contribution in [3.05, 3.63) is 80.4 Å². The van der Waals surface area contributed by atoms with Gasteiger partial charge in [0.05, 0.1) is 31.2 Å². The first-order valence-corrected chi connectivity index (χ1v) is 10.1. The summed E-state index contributed by atoms with van der Waals surface area (Å²) in [6.07, 6.45) is -0.290. The fourth-order valence-corrected chi connectivity index (χ4v) is 3.91. The summed E-state index contributed by atoms with van der Waals surface area (Å²) in [4.78, 5) is 43.9. The van der Waals surface area contributed by atoms with Gasteiger partial charge in [0, 0.05) is 27.8 Å². The number of nitrogens with one attached hydrogen (secondary N) is 2. The van der Waals surface area contributed by atoms with Crippen molar-refractivity contribution in [2.75, 3.05) is 13.7 Å². The fraction of sp³-hybridized carbons (Fsp3) is 0.208. The Morgan fingerprint density at radius 3 is 2.53 bits per heavy atom. The van der Waals surface area contributed by atoms with Gasteiger partial charge in [0.2, 0.25) is 0 Å². The van der Waals surface area contributed by atoms with Crippen LogP contribution in [0.25, 0.3) is 21.8 Å². The van der Waals surface area contributed by atoms with Gasteiger partial charge in [0.1, 0.15) is 11.5 Å². The van der Waals surface area contributed by atoms with Gasteiger partial charge in [-0.1, -0.05) is 12.1 Å². The maximum absolute atomic E-state index is 13.0. The fourth-order valence-electron chi connectivity index (χ4n) is 3.91. The third kappa shape index (κ3) is 3.82. The number of ether oxygens (including phenoxy) is 2. The Labute approximate surface area is 182 Å². The summed E-state index contributed by atoms with van der Waals surface area (Å²) in [5.41, 5.74) is 0.0702. The molecule has 164 valence electrons. The average Bonchev–Trinajstić information content (AvgIpc) is 2.78. The summed E-state index contributed by atoms with van der Waals surface area (Å²) in [7, 11) is 1.53. The molecule has 0 unspecified atom stereocenters. The lowest BCUT2D eigenvalue weighted by Crippen LogP contribution is -2.25. The van der Waals surface area contributed by atoms with E-state index in [-0.39, 0.29) is 29.9 Å². The van der Waals surface area contributed by atoms with E-state index >= 15 is 0 Å². The molecule has 0 amide bonds. The molecule has 2 aromatic carbocycles. The zero-order valence-electron chi connectivity index (χ0n) is 17.6. The standard InChI is InChI=1S/C24H22N2O6/c1-3-32-20(27)12-16(21-22(28)15-6-4-5-7-19(15)26-24(21)30)17-11-13-10-14(31-2)8-9-18(13)25-23(17)29/h4-11,16H,3,12H2,1-2H3,(H,25,29)(H2,26,28,30)/t16-/m0/s1. The molecular formula is C24H22N2O6. The molecule has 4 rings (SSSR count). The highest BCUT2D eigenvalue weighted by atomic mass is 16.5. The molecule has 0 bridgehead atoms. The predicted octanol–water partition coefficient (Wildman–Crippen LogP) is 3.17. The van der Waals surface area contributed by atoms with Crippen molar-refractivity contribution < 1.29 is 19.4 Å². The van der Waals surface area contributed by atoms with Crippen molar-refractivity contribution in [2.24, 2.45) is 0 Å². The smallest absolute Gasteiger partial charge is 0.306 e. The van der Waals surface area contributed by atoms with E-state index < -0.39 is 23.0 Å². The summed E-state index contributed by atoms with van der Waals surface area (Å²) in [5, 5.41) is 12.1. The number of para-hydroxylation sites is 1. The lowest BCUT2D eigenvalue weighted by Gasteiger charge is -2.18. The molecule has 0 aliphatic rings. The van der Waals surface area contributed by atoms with E-state index in [1.165, 1.54) is 7.11 Å². The van der Waals surface area contributed by atoms with Gasteiger partial charge in [-0.05, 0) is 43.3 Å². The summed E-state index contributed by atoms with van der Waals surface area (Å²) in [5.74, 6) is -1.30. The van der Waals surface area contributed by atoms with Crippen molar-refractivity contribution in [3.63, 3.8) is 0 Å². The van der Waals surface area contributed by atoms with E-state index in [1.807, 2.05) is 0 Å². The van der Waals surface area contributed by atoms with Crippen molar-refractivity contribution in [3.8, 4) is 11.5 Å². The second-order valence-corrected chi connectivity index (χ2v) is 7.33. The van der Waals surface area contributed by atoms with Crippen molar-refractivity contribution in [2.45, 2.75) is 19.3 Å². The van der Waals surface area contributed by atoms with Crippen LogP contribution < -0.4 is 15.9 Å². The maximum atomic E-state index is 13.0. The average molecular weight is 434 g/mol. The van der Waals surface area contributed by atoms with E-state index in [2.05, 4.69) is 9.97 Å². The molecule has 8 heteroatoms. The van der Waals surface area contributed by atoms with Crippen LogP contribution in [0, 0.1) is 0 Å². The van der Waals surface area contributed by atoms with Gasteiger partial charge in [0.25, 0.3) is 11.1 Å². The van der Waals surface area contributed by atoms with Crippen molar-refractivity contribution >= 4 is 27.8 Å². The number of carbonyl (C=O) groups is 1. The number of esters is 1. The Bertz CT molecular complexity index is 1440. The number of H-pyrrole nitrogens is 2. The van der Waals surface area contributed by atoms with Gasteiger partial charge in [-0.3, -0.25) is 14.4 Å². The molecule has 0 radical (unpaired) electrons. The third-order valence-electron chi connectivity index (χ3n) is 5.41. The number of pyridine rings is 2. The zero-order chi connectivity index (χ0) is 22.8. The molecule has 0 aliphatic heterocycles. The number of hydrogen-bond acceptors (Lipinski definition) is 6. The van der Waals surface area contributed by atoms with Gasteiger partial charge in [-0.25, -0.2) is 0 Å². The van der Waals surface area contributed by atoms with Crippen molar-refractivity contribution in [1.82, 2.24) is 9.97 Å². The molecule has 0 aliphatic carbocycles. The minimum absolute atomic E-state index is 0.0653. The van der Waals surface area contributed by atoms with Crippen LogP contribution in [0.4, 0.5) is 0 Å². The third-order valence-corrected chi connectivity index (χ3v) is 5.41. The van der Waals surface area contributed by atoms with Crippen LogP contribution in [-0.2, 0) is 9.53 Å². The van der Waals surface area contributed by atoms with Crippen LogP contribution >= 0.6 is 0 Å². The van der Waals surface area contributed by atoms with E-state index in [4.69, 9.17) is 9.47 Å². The molecule has 1 atom stereocenters. The van der Waals surface area contributed by atoms with Crippen LogP contribution in [-0.4, -0.2) is 34.8 Å². The molecule has 4 aromatic rings. The Balaban J connectivity index is 1.98. The van der Waals surface area contributed by atoms with Gasteiger partial charge in [-0.15, -0.1) is 0 Å². The molecule has 0 fully saturated rings. The van der Waals surface area contributed by atoms with Crippen LogP contribution in [0.5, 0.6) is 11.5 Å². The highest BCUT2D eigenvalue weighted by Gasteiger charge is 2.28. The molecule has 2 heterocycles. The SMILES string of the molecule is CCOC(=O)C[C@@H](c1cc2cc(OC)ccc2[nH]c1=O)c1c(O)c2ccccc2[nH]c1=O. The summed E-state index contributed by atoms with van der Waals surface area (Å²) >= 11 is 0. The highest BCUT2D eigenvalue weighted by Crippen LogP contribution is 2.35. The molecule has 0 saturated carbocycles. The summed E-state index contributed by atoms with van der Waals surface area (Å²) in [6.45, 7) is 1.82. The van der Waals surface area contributed by atoms with E-state index in [9.17, 15) is 19.5 Å². The number of rotatable bonds is 6. The Kier molecular flexibility index (Phi) is 5.68. The quantitative estimate of drug-likeness (QED) is 0.401. The number of aromatic amines is 2. The highest BCUT2D eigenvalue weighted by molar-refractivity contribution is 5.87. The number of aromatic hydroxyl groups is 1. The molecule has 0 spiro atoms. The van der Waals surface area contributed by atoms with Crippen LogP contribution in [0.2, 0.25) is 0 Å². The minimum Gasteiger partial charge on any atom is -0.507 e. The first-order valence-electron chi connectivity index (χ1n) is 10.1. The first-order chi connectivity index (χ1) is 15.4. The largest absolute Gasteiger partial charge is 0.507 e. The molecule has 2 aromatic heterocycles. The normalized spacial score (nSPS) is 12.1. The Morgan fingerprint density at radius 2 is 1.78 bits per heavy atom. The summed E-state index contributed by atoms with van der Waals surface area (Å²) in [6, 6.07) is 13.5. The van der Waals surface area contributed by atoms with Gasteiger partial charge in [-0.2, -0.15) is 0 Å². The number of aromatic nitrogens is 2. The predicted molar refractivity (Wildman–Crippen MR) is 120 cm³/mol. The topological polar surface area (TPSA) is 121 Å². The first kappa shape index (κ1) is 21.2. The zero-order valence-corrected chi connectivity index (χ0v) is 17.6. The summed E-state index contributed by atoms with van der Waals surface area (Å²) < 4.78 is 10.3. The van der Waals surface area contributed by atoms with E-state index in [1.54, 1.807) is 55.5 Å². The molecule has 0 saturated heterocycles. The Hall–Kier alpha value is -4.07. The van der Waals surface area contributed by atoms with E-state index in [0.29, 0.717) is 27.6 Å². The monoisotopic (exact) mass is 434 g/mol. The number of fused-ring (bicyclic) bond motifs is 2. The van der Waals surface area contributed by atoms with Gasteiger partial charge >= 0.3 is 5.97 Å². The molecule has 32 heavy (non-hydrogen) atoms. The lowest BCUT2D eigenvalue weighted by atomic mass is 9.88. The second kappa shape index (κ2) is 8.58. The van der Waals surface area contributed by atoms with Crippen LogP contribution in [0.3, 0.4) is 0 Å². The van der Waals surface area contributed by atoms with Crippen LogP contribution in [0.1, 0.15) is 30.4 Å². The number of carbonyl (C=O) groups excluding carboxylic acids is 1. The molecular weight excluding hydrogens is 412 g/mol. The minimum atomic E-state index is -1.03. The molecule has 3 N–H and O–H groups in total. The maximum Gasteiger partial charge on any atom is 0.306 e. The number of benzene rings is 2. The van der Waals surface area contributed by atoms with Crippen LogP contribution in [0.15, 0.2) is 58.1 Å². The molecule has 8 nitrogen and oxygen atoms in total.